The number of nitrogens with zero attached hydrogens (tertiary/aromatic N) is 4. The van der Waals surface area contributed by atoms with Crippen LogP contribution in [0.3, 0.4) is 0 Å². The first-order valence-electron chi connectivity index (χ1n) is 11.6. The van der Waals surface area contributed by atoms with Crippen molar-refractivity contribution >= 4 is 17.7 Å². The zero-order valence-corrected chi connectivity index (χ0v) is 19.9. The second-order valence-corrected chi connectivity index (χ2v) is 8.70. The number of hydrogen-bond acceptors (Lipinski definition) is 5. The molecule has 0 aromatic carbocycles. The van der Waals surface area contributed by atoms with Gasteiger partial charge in [-0.25, -0.2) is 9.98 Å². The maximum absolute atomic E-state index is 11.5. The summed E-state index contributed by atoms with van der Waals surface area (Å²) in [4.78, 5) is 25.6. The molecule has 2 rings (SSSR count). The maximum atomic E-state index is 11.5. The quantitative estimate of drug-likeness (QED) is 0.387. The van der Waals surface area contributed by atoms with Gasteiger partial charge in [0.15, 0.2) is 5.96 Å². The van der Waals surface area contributed by atoms with Gasteiger partial charge in [-0.1, -0.05) is 6.07 Å². The minimum Gasteiger partial charge on any atom is -0.369 e. The zero-order chi connectivity index (χ0) is 22.8. The third-order valence-electron chi connectivity index (χ3n) is 5.81. The van der Waals surface area contributed by atoms with Crippen LogP contribution in [0.5, 0.6) is 0 Å². The van der Waals surface area contributed by atoms with Crippen molar-refractivity contribution in [3.63, 3.8) is 0 Å². The number of aromatic nitrogens is 1. The number of rotatable bonds is 10. The third kappa shape index (κ3) is 7.69. The van der Waals surface area contributed by atoms with Gasteiger partial charge in [0.2, 0.25) is 5.91 Å². The van der Waals surface area contributed by atoms with Crippen LogP contribution in [0.4, 0.5) is 5.82 Å². The Labute approximate surface area is 187 Å². The van der Waals surface area contributed by atoms with Crippen molar-refractivity contribution in [2.45, 2.75) is 66.1 Å². The van der Waals surface area contributed by atoms with Gasteiger partial charge in [-0.05, 0) is 53.5 Å². The first-order chi connectivity index (χ1) is 14.8. The highest BCUT2D eigenvalue weighted by Crippen LogP contribution is 2.24. The number of pyridine rings is 1. The molecule has 0 unspecified atom stereocenters. The molecular formula is C23H41N7O. The molecule has 31 heavy (non-hydrogen) atoms. The summed E-state index contributed by atoms with van der Waals surface area (Å²) in [7, 11) is 0. The minimum absolute atomic E-state index is 0.0257. The van der Waals surface area contributed by atoms with Crippen LogP contribution in [0.25, 0.3) is 0 Å². The molecule has 0 radical (unpaired) electrons. The van der Waals surface area contributed by atoms with E-state index in [0.717, 1.165) is 62.9 Å². The van der Waals surface area contributed by atoms with Gasteiger partial charge in [0.25, 0.3) is 0 Å². The fraction of sp³-hybridized carbons (Fsp3) is 0.696. The smallest absolute Gasteiger partial charge is 0.220 e. The molecule has 2 heterocycles. The number of nitrogens with two attached hydrogens (primary N) is 1. The van der Waals surface area contributed by atoms with Gasteiger partial charge in [0, 0.05) is 62.5 Å². The Kier molecular flexibility index (Phi) is 10.0. The van der Waals surface area contributed by atoms with Gasteiger partial charge in [0.05, 0.1) is 6.54 Å². The number of primary amides is 1. The normalized spacial score (nSPS) is 15.7. The number of piperidine rings is 1. The lowest BCUT2D eigenvalue weighted by molar-refractivity contribution is -0.122. The van der Waals surface area contributed by atoms with Crippen LogP contribution in [-0.4, -0.2) is 66.6 Å². The Hall–Kier alpha value is -2.35. The molecule has 8 nitrogen and oxygen atoms in total. The number of carbonyl (C=O) groups excluding carboxylic acids is 1. The van der Waals surface area contributed by atoms with E-state index >= 15 is 0 Å². The van der Waals surface area contributed by atoms with Crippen molar-refractivity contribution in [2.75, 3.05) is 37.6 Å². The molecular weight excluding hydrogens is 390 g/mol. The minimum atomic E-state index is -0.194. The van der Waals surface area contributed by atoms with E-state index in [1.807, 2.05) is 12.3 Å². The highest BCUT2D eigenvalue weighted by Gasteiger charge is 2.24. The van der Waals surface area contributed by atoms with E-state index in [9.17, 15) is 4.79 Å². The van der Waals surface area contributed by atoms with Gasteiger partial charge in [-0.15, -0.1) is 0 Å². The van der Waals surface area contributed by atoms with Crippen molar-refractivity contribution in [3.05, 3.63) is 23.9 Å². The lowest BCUT2D eigenvalue weighted by Crippen LogP contribution is -2.45. The topological polar surface area (TPSA) is 98.9 Å². The first-order valence-corrected chi connectivity index (χ1v) is 11.6. The van der Waals surface area contributed by atoms with Crippen molar-refractivity contribution in [1.29, 1.82) is 0 Å². The van der Waals surface area contributed by atoms with Crippen molar-refractivity contribution in [3.8, 4) is 0 Å². The predicted octanol–water partition coefficient (Wildman–Crippen LogP) is 1.96. The Bertz CT molecular complexity index is 704. The molecule has 1 aromatic heterocycles. The third-order valence-corrected chi connectivity index (χ3v) is 5.81. The summed E-state index contributed by atoms with van der Waals surface area (Å²) in [5.74, 6) is 1.55. The molecule has 1 fully saturated rings. The summed E-state index contributed by atoms with van der Waals surface area (Å²) < 4.78 is 0. The SMILES string of the molecule is CCNC(=NCc1cccnc1N1CCC(C(N)=O)CC1)NCCN(C(C)C)C(C)C. The Morgan fingerprint density at radius 1 is 1.26 bits per heavy atom. The largest absolute Gasteiger partial charge is 0.369 e. The van der Waals surface area contributed by atoms with E-state index in [2.05, 4.69) is 66.1 Å². The summed E-state index contributed by atoms with van der Waals surface area (Å²) in [5, 5.41) is 6.80. The summed E-state index contributed by atoms with van der Waals surface area (Å²) >= 11 is 0. The van der Waals surface area contributed by atoms with Crippen molar-refractivity contribution in [2.24, 2.45) is 16.6 Å². The molecule has 1 aromatic rings. The lowest BCUT2D eigenvalue weighted by atomic mass is 9.96. The molecule has 0 saturated carbocycles. The molecule has 0 aliphatic carbocycles. The van der Waals surface area contributed by atoms with Crippen molar-refractivity contribution in [1.82, 2.24) is 20.5 Å². The molecule has 0 bridgehead atoms. The van der Waals surface area contributed by atoms with E-state index in [4.69, 9.17) is 10.7 Å². The highest BCUT2D eigenvalue weighted by molar-refractivity contribution is 5.79. The predicted molar refractivity (Wildman–Crippen MR) is 128 cm³/mol. The Morgan fingerprint density at radius 2 is 1.94 bits per heavy atom. The van der Waals surface area contributed by atoms with Gasteiger partial charge in [0.1, 0.15) is 5.82 Å². The fourth-order valence-electron chi connectivity index (χ4n) is 4.14. The summed E-state index contributed by atoms with van der Waals surface area (Å²) in [6.07, 6.45) is 3.38. The first kappa shape index (κ1) is 24.9. The van der Waals surface area contributed by atoms with Crippen LogP contribution >= 0.6 is 0 Å². The van der Waals surface area contributed by atoms with Gasteiger partial charge in [-0.2, -0.15) is 0 Å². The molecule has 0 atom stereocenters. The van der Waals surface area contributed by atoms with E-state index in [1.54, 1.807) is 0 Å². The lowest BCUT2D eigenvalue weighted by Gasteiger charge is -2.32. The number of anilines is 1. The molecule has 1 saturated heterocycles. The van der Waals surface area contributed by atoms with Gasteiger partial charge >= 0.3 is 0 Å². The summed E-state index contributed by atoms with van der Waals surface area (Å²) in [6, 6.07) is 5.05. The molecule has 0 spiro atoms. The number of amides is 1. The summed E-state index contributed by atoms with van der Waals surface area (Å²) in [6.45, 7) is 15.7. The van der Waals surface area contributed by atoms with Gasteiger partial charge in [-0.3, -0.25) is 9.69 Å². The average Bonchev–Trinajstić information content (AvgIpc) is 2.74. The molecule has 1 aliphatic heterocycles. The van der Waals surface area contributed by atoms with Crippen LogP contribution in [0.1, 0.15) is 53.0 Å². The van der Waals surface area contributed by atoms with E-state index in [0.29, 0.717) is 18.6 Å². The van der Waals surface area contributed by atoms with Gasteiger partial charge < -0.3 is 21.3 Å². The summed E-state index contributed by atoms with van der Waals surface area (Å²) in [5.41, 5.74) is 6.56. The standard InChI is InChI=1S/C23H41N7O/c1-6-25-23(27-12-15-30(17(2)3)18(4)5)28-16-20-8-7-11-26-22(20)29-13-9-19(10-14-29)21(24)31/h7-8,11,17-19H,6,9-10,12-16H2,1-5H3,(H2,24,31)(H2,25,27,28). The van der Waals surface area contributed by atoms with E-state index in [-0.39, 0.29) is 11.8 Å². The molecule has 1 aliphatic rings. The average molecular weight is 432 g/mol. The van der Waals surface area contributed by atoms with E-state index in [1.165, 1.54) is 0 Å². The van der Waals surface area contributed by atoms with Crippen LogP contribution in [-0.2, 0) is 11.3 Å². The Balaban J connectivity index is 2.00. The van der Waals surface area contributed by atoms with Crippen molar-refractivity contribution < 1.29 is 4.79 Å². The molecule has 4 N–H and O–H groups in total. The van der Waals surface area contributed by atoms with Crippen LogP contribution < -0.4 is 21.3 Å². The number of hydrogen-bond donors (Lipinski definition) is 3. The maximum Gasteiger partial charge on any atom is 0.220 e. The van der Waals surface area contributed by atoms with Crippen LogP contribution in [0.2, 0.25) is 0 Å². The molecule has 174 valence electrons. The Morgan fingerprint density at radius 3 is 2.52 bits per heavy atom. The zero-order valence-electron chi connectivity index (χ0n) is 19.9. The van der Waals surface area contributed by atoms with Crippen LogP contribution in [0, 0.1) is 5.92 Å². The molecule has 8 heteroatoms. The van der Waals surface area contributed by atoms with Crippen LogP contribution in [0.15, 0.2) is 23.3 Å². The number of carbonyl (C=O) groups is 1. The van der Waals surface area contributed by atoms with E-state index < -0.39 is 0 Å². The highest BCUT2D eigenvalue weighted by atomic mass is 16.1. The number of aliphatic imine (C=N–C) groups is 1. The second kappa shape index (κ2) is 12.5. The number of guanidine groups is 1. The second-order valence-electron chi connectivity index (χ2n) is 8.70. The number of nitrogens with one attached hydrogen (secondary N) is 2. The fourth-order valence-corrected chi connectivity index (χ4v) is 4.14. The monoisotopic (exact) mass is 431 g/mol. The molecule has 1 amide bonds.